The third-order valence-electron chi connectivity index (χ3n) is 4.18. The Balaban J connectivity index is 1.83. The lowest BCUT2D eigenvalue weighted by atomic mass is 10.1. The van der Waals surface area contributed by atoms with Crippen LogP contribution in [-0.2, 0) is 16.6 Å². The van der Waals surface area contributed by atoms with Gasteiger partial charge in [-0.2, -0.15) is 0 Å². The molecule has 0 unspecified atom stereocenters. The normalized spacial score (nSPS) is 11.6. The summed E-state index contributed by atoms with van der Waals surface area (Å²) >= 11 is 0. The standard InChI is InChI=1S/C20H20FN3O2S/c1-13-8-14(2)20(15(3)9-13)27(25,26)24-11-18-10-19(23-12-22-18)16-4-6-17(21)7-5-16/h4-10,12,24H,11H2,1-3H3. The summed E-state index contributed by atoms with van der Waals surface area (Å²) in [6.45, 7) is 5.53. The first-order chi connectivity index (χ1) is 12.8. The lowest BCUT2D eigenvalue weighted by Gasteiger charge is -2.13. The zero-order chi connectivity index (χ0) is 19.6. The van der Waals surface area contributed by atoms with Gasteiger partial charge in [0.15, 0.2) is 0 Å². The maximum atomic E-state index is 13.1. The van der Waals surface area contributed by atoms with Gasteiger partial charge in [-0.05, 0) is 62.2 Å². The molecule has 0 saturated carbocycles. The van der Waals surface area contributed by atoms with E-state index in [2.05, 4.69) is 14.7 Å². The molecule has 0 fully saturated rings. The minimum Gasteiger partial charge on any atom is -0.240 e. The van der Waals surface area contributed by atoms with Crippen LogP contribution in [-0.4, -0.2) is 18.4 Å². The molecular weight excluding hydrogens is 365 g/mol. The first kappa shape index (κ1) is 19.1. The fraction of sp³-hybridized carbons (Fsp3) is 0.200. The fourth-order valence-electron chi connectivity index (χ4n) is 3.10. The van der Waals surface area contributed by atoms with Crippen LogP contribution in [0.25, 0.3) is 11.3 Å². The molecule has 3 rings (SSSR count). The van der Waals surface area contributed by atoms with E-state index in [-0.39, 0.29) is 12.4 Å². The quantitative estimate of drug-likeness (QED) is 0.727. The van der Waals surface area contributed by atoms with E-state index >= 15 is 0 Å². The van der Waals surface area contributed by atoms with Crippen LogP contribution in [0, 0.1) is 26.6 Å². The summed E-state index contributed by atoms with van der Waals surface area (Å²) in [4.78, 5) is 8.59. The van der Waals surface area contributed by atoms with E-state index in [9.17, 15) is 12.8 Å². The molecule has 3 aromatic rings. The van der Waals surface area contributed by atoms with Crippen LogP contribution in [0.15, 0.2) is 53.7 Å². The number of sulfonamides is 1. The first-order valence-electron chi connectivity index (χ1n) is 8.40. The molecule has 140 valence electrons. The predicted molar refractivity (Wildman–Crippen MR) is 102 cm³/mol. The average molecular weight is 385 g/mol. The molecule has 0 atom stereocenters. The lowest BCUT2D eigenvalue weighted by molar-refractivity contribution is 0.579. The zero-order valence-corrected chi connectivity index (χ0v) is 16.1. The number of benzene rings is 2. The first-order valence-corrected chi connectivity index (χ1v) is 9.89. The van der Waals surface area contributed by atoms with Crippen LogP contribution >= 0.6 is 0 Å². The maximum Gasteiger partial charge on any atom is 0.241 e. The average Bonchev–Trinajstić information content (AvgIpc) is 2.60. The summed E-state index contributed by atoms with van der Waals surface area (Å²) in [5.74, 6) is -0.329. The molecule has 1 aromatic heterocycles. The van der Waals surface area contributed by atoms with Gasteiger partial charge in [0.25, 0.3) is 0 Å². The van der Waals surface area contributed by atoms with Crippen molar-refractivity contribution in [3.05, 3.63) is 77.0 Å². The minimum absolute atomic E-state index is 0.0335. The van der Waals surface area contributed by atoms with Crippen LogP contribution in [0.5, 0.6) is 0 Å². The van der Waals surface area contributed by atoms with E-state index in [4.69, 9.17) is 0 Å². The second-order valence-corrected chi connectivity index (χ2v) is 8.16. The topological polar surface area (TPSA) is 72.0 Å². The van der Waals surface area contributed by atoms with Gasteiger partial charge in [0, 0.05) is 5.56 Å². The van der Waals surface area contributed by atoms with Crippen molar-refractivity contribution in [3.63, 3.8) is 0 Å². The largest absolute Gasteiger partial charge is 0.241 e. The van der Waals surface area contributed by atoms with Crippen LogP contribution in [0.4, 0.5) is 4.39 Å². The molecule has 0 amide bonds. The molecule has 0 aliphatic heterocycles. The number of aromatic nitrogens is 2. The minimum atomic E-state index is -3.68. The van der Waals surface area contributed by atoms with E-state index in [0.717, 1.165) is 11.1 Å². The molecule has 0 saturated heterocycles. The molecule has 2 aromatic carbocycles. The van der Waals surface area contributed by atoms with Gasteiger partial charge < -0.3 is 0 Å². The highest BCUT2D eigenvalue weighted by molar-refractivity contribution is 7.89. The highest BCUT2D eigenvalue weighted by Gasteiger charge is 2.20. The Bertz CT molecular complexity index is 1060. The second-order valence-electron chi connectivity index (χ2n) is 6.45. The Morgan fingerprint density at radius 2 is 1.59 bits per heavy atom. The Labute approximate surface area is 158 Å². The highest BCUT2D eigenvalue weighted by Crippen LogP contribution is 2.22. The summed E-state index contributed by atoms with van der Waals surface area (Å²) in [6.07, 6.45) is 1.37. The van der Waals surface area contributed by atoms with Crippen molar-refractivity contribution >= 4 is 10.0 Å². The molecule has 7 heteroatoms. The van der Waals surface area contributed by atoms with Crippen molar-refractivity contribution in [1.29, 1.82) is 0 Å². The van der Waals surface area contributed by atoms with Gasteiger partial charge in [-0.3, -0.25) is 0 Å². The SMILES string of the molecule is Cc1cc(C)c(S(=O)(=O)NCc2cc(-c3ccc(F)cc3)ncn2)c(C)c1. The van der Waals surface area contributed by atoms with Gasteiger partial charge in [0.1, 0.15) is 12.1 Å². The van der Waals surface area contributed by atoms with E-state index in [1.165, 1.54) is 18.5 Å². The summed E-state index contributed by atoms with van der Waals surface area (Å²) in [5, 5.41) is 0. The van der Waals surface area contributed by atoms with Gasteiger partial charge in [-0.1, -0.05) is 17.7 Å². The predicted octanol–water partition coefficient (Wildman–Crippen LogP) is 3.69. The van der Waals surface area contributed by atoms with E-state index in [1.807, 2.05) is 19.1 Å². The van der Waals surface area contributed by atoms with Gasteiger partial charge in [0.05, 0.1) is 22.8 Å². The molecule has 1 heterocycles. The van der Waals surface area contributed by atoms with Gasteiger partial charge in [0.2, 0.25) is 10.0 Å². The van der Waals surface area contributed by atoms with Crippen LogP contribution in [0.2, 0.25) is 0 Å². The van der Waals surface area contributed by atoms with E-state index in [1.54, 1.807) is 32.0 Å². The number of rotatable bonds is 5. The summed E-state index contributed by atoms with van der Waals surface area (Å²) < 4.78 is 41.2. The van der Waals surface area contributed by atoms with Crippen molar-refractivity contribution in [2.45, 2.75) is 32.2 Å². The van der Waals surface area contributed by atoms with Crippen LogP contribution < -0.4 is 4.72 Å². The molecular formula is C20H20FN3O2S. The zero-order valence-electron chi connectivity index (χ0n) is 15.3. The number of nitrogens with one attached hydrogen (secondary N) is 1. The highest BCUT2D eigenvalue weighted by atomic mass is 32.2. The Kier molecular flexibility index (Phi) is 5.34. The molecule has 27 heavy (non-hydrogen) atoms. The monoisotopic (exact) mass is 385 g/mol. The van der Waals surface area contributed by atoms with Crippen LogP contribution in [0.3, 0.4) is 0 Å². The van der Waals surface area contributed by atoms with Crippen molar-refractivity contribution in [1.82, 2.24) is 14.7 Å². The molecule has 5 nitrogen and oxygen atoms in total. The molecule has 0 aliphatic carbocycles. The molecule has 0 radical (unpaired) electrons. The smallest absolute Gasteiger partial charge is 0.240 e. The Morgan fingerprint density at radius 1 is 0.963 bits per heavy atom. The molecule has 1 N–H and O–H groups in total. The van der Waals surface area contributed by atoms with Crippen molar-refractivity contribution in [3.8, 4) is 11.3 Å². The third kappa shape index (κ3) is 4.37. The number of halogens is 1. The second kappa shape index (κ2) is 7.54. The molecule has 0 bridgehead atoms. The van der Waals surface area contributed by atoms with Crippen molar-refractivity contribution in [2.75, 3.05) is 0 Å². The number of aryl methyl sites for hydroxylation is 3. The number of hydrogen-bond donors (Lipinski definition) is 1. The van der Waals surface area contributed by atoms with Crippen LogP contribution in [0.1, 0.15) is 22.4 Å². The van der Waals surface area contributed by atoms with Gasteiger partial charge >= 0.3 is 0 Å². The van der Waals surface area contributed by atoms with Gasteiger partial charge in [-0.15, -0.1) is 0 Å². The number of nitrogens with zero attached hydrogens (tertiary/aromatic N) is 2. The van der Waals surface area contributed by atoms with Crippen molar-refractivity contribution < 1.29 is 12.8 Å². The van der Waals surface area contributed by atoms with E-state index in [0.29, 0.717) is 27.4 Å². The van der Waals surface area contributed by atoms with Crippen molar-refractivity contribution in [2.24, 2.45) is 0 Å². The summed E-state index contributed by atoms with van der Waals surface area (Å²) in [6, 6.07) is 11.3. The molecule has 0 aliphatic rings. The Morgan fingerprint density at radius 3 is 2.22 bits per heavy atom. The third-order valence-corrected chi connectivity index (χ3v) is 5.89. The lowest BCUT2D eigenvalue weighted by Crippen LogP contribution is -2.25. The van der Waals surface area contributed by atoms with E-state index < -0.39 is 10.0 Å². The number of hydrogen-bond acceptors (Lipinski definition) is 4. The van der Waals surface area contributed by atoms with Gasteiger partial charge in [-0.25, -0.2) is 27.5 Å². The molecule has 0 spiro atoms. The fourth-order valence-corrected chi connectivity index (χ4v) is 4.55. The maximum absolute atomic E-state index is 13.1. The Hall–Kier alpha value is -2.64. The summed E-state index contributed by atoms with van der Waals surface area (Å²) in [7, 11) is -3.68. The summed E-state index contributed by atoms with van der Waals surface area (Å²) in [5.41, 5.74) is 4.28.